The lowest BCUT2D eigenvalue weighted by molar-refractivity contribution is -0.131. The predicted molar refractivity (Wildman–Crippen MR) is 103 cm³/mol. The second-order valence-electron chi connectivity index (χ2n) is 7.11. The van der Waals surface area contributed by atoms with E-state index in [9.17, 15) is 9.59 Å². The summed E-state index contributed by atoms with van der Waals surface area (Å²) in [5, 5.41) is 2.85. The first-order chi connectivity index (χ1) is 13.2. The number of rotatable bonds is 8. The molecule has 1 aliphatic heterocycles. The summed E-state index contributed by atoms with van der Waals surface area (Å²) in [7, 11) is 0. The molecule has 0 bridgehead atoms. The van der Waals surface area contributed by atoms with Crippen molar-refractivity contribution in [3.63, 3.8) is 0 Å². The van der Waals surface area contributed by atoms with Crippen LogP contribution in [0.4, 0.5) is 0 Å². The third kappa shape index (κ3) is 4.50. The van der Waals surface area contributed by atoms with E-state index in [-0.39, 0.29) is 18.4 Å². The Morgan fingerprint density at radius 3 is 2.56 bits per heavy atom. The normalized spacial score (nSPS) is 17.4. The number of amides is 2. The molecular formula is C21H30N2O4. The van der Waals surface area contributed by atoms with Gasteiger partial charge < -0.3 is 19.7 Å². The van der Waals surface area contributed by atoms with Gasteiger partial charge >= 0.3 is 0 Å². The third-order valence-electron chi connectivity index (χ3n) is 5.36. The molecule has 27 heavy (non-hydrogen) atoms. The molecule has 6 nitrogen and oxygen atoms in total. The fourth-order valence-corrected chi connectivity index (χ4v) is 4.07. The number of carbonyl (C=O) groups is 2. The minimum absolute atomic E-state index is 0.00573. The Kier molecular flexibility index (Phi) is 6.85. The van der Waals surface area contributed by atoms with Crippen LogP contribution in [0.2, 0.25) is 0 Å². The van der Waals surface area contributed by atoms with Gasteiger partial charge in [-0.3, -0.25) is 9.59 Å². The monoisotopic (exact) mass is 374 g/mol. The molecule has 1 aromatic rings. The first-order valence-electron chi connectivity index (χ1n) is 10.1. The molecule has 1 aliphatic carbocycles. The average Bonchev–Trinajstić information content (AvgIpc) is 3.04. The fourth-order valence-electron chi connectivity index (χ4n) is 4.07. The van der Waals surface area contributed by atoms with Crippen molar-refractivity contribution >= 4 is 11.8 Å². The summed E-state index contributed by atoms with van der Waals surface area (Å²) in [6, 6.07) is 5.84. The van der Waals surface area contributed by atoms with Crippen LogP contribution in [0, 0.1) is 0 Å². The van der Waals surface area contributed by atoms with E-state index in [1.54, 1.807) is 6.07 Å². The summed E-state index contributed by atoms with van der Waals surface area (Å²) < 4.78 is 10.9. The highest BCUT2D eigenvalue weighted by molar-refractivity contribution is 6.09. The van der Waals surface area contributed by atoms with E-state index in [2.05, 4.69) is 5.32 Å². The smallest absolute Gasteiger partial charge is 0.255 e. The number of nitrogens with one attached hydrogen (secondary N) is 1. The highest BCUT2D eigenvalue weighted by Crippen LogP contribution is 2.32. The van der Waals surface area contributed by atoms with Crippen LogP contribution in [0.3, 0.4) is 0 Å². The first-order valence-corrected chi connectivity index (χ1v) is 10.1. The summed E-state index contributed by atoms with van der Waals surface area (Å²) in [6.07, 6.45) is 5.25. The molecule has 1 aromatic carbocycles. The molecule has 0 spiro atoms. The summed E-state index contributed by atoms with van der Waals surface area (Å²) in [5.74, 6) is -0.260. The van der Waals surface area contributed by atoms with Gasteiger partial charge in [-0.2, -0.15) is 0 Å². The number of hydrogen-bond acceptors (Lipinski definition) is 4. The Bertz CT molecular complexity index is 664. The molecule has 6 heteroatoms. The van der Waals surface area contributed by atoms with E-state index < -0.39 is 6.29 Å². The molecule has 2 amide bonds. The molecular weight excluding hydrogens is 344 g/mol. The van der Waals surface area contributed by atoms with Gasteiger partial charge in [0.25, 0.3) is 11.8 Å². The number of carbonyl (C=O) groups excluding carboxylic acids is 2. The zero-order valence-corrected chi connectivity index (χ0v) is 16.3. The predicted octanol–water partition coefficient (Wildman–Crippen LogP) is 3.10. The fraction of sp³-hybridized carbons (Fsp3) is 0.619. The Labute approximate surface area is 161 Å². The van der Waals surface area contributed by atoms with Crippen LogP contribution in [0.15, 0.2) is 18.2 Å². The quantitative estimate of drug-likeness (QED) is 0.710. The molecule has 0 unspecified atom stereocenters. The van der Waals surface area contributed by atoms with E-state index in [0.29, 0.717) is 36.9 Å². The minimum atomic E-state index is -0.477. The van der Waals surface area contributed by atoms with Crippen molar-refractivity contribution in [2.75, 3.05) is 19.8 Å². The van der Waals surface area contributed by atoms with Crippen LogP contribution in [-0.2, 0) is 16.0 Å². The van der Waals surface area contributed by atoms with Crippen molar-refractivity contribution in [2.45, 2.75) is 64.8 Å². The van der Waals surface area contributed by atoms with Crippen LogP contribution < -0.4 is 5.32 Å². The Morgan fingerprint density at radius 1 is 1.19 bits per heavy atom. The maximum Gasteiger partial charge on any atom is 0.255 e. The summed E-state index contributed by atoms with van der Waals surface area (Å²) in [6.45, 7) is 5.66. The van der Waals surface area contributed by atoms with Crippen LogP contribution in [0.5, 0.6) is 0 Å². The highest BCUT2D eigenvalue weighted by atomic mass is 16.7. The molecule has 0 aromatic heterocycles. The van der Waals surface area contributed by atoms with E-state index in [1.807, 2.05) is 30.9 Å². The number of ether oxygens (including phenoxy) is 2. The zero-order valence-electron chi connectivity index (χ0n) is 16.3. The molecule has 0 saturated heterocycles. The number of hydrogen-bond donors (Lipinski definition) is 1. The molecule has 3 rings (SSSR count). The molecule has 1 N–H and O–H groups in total. The summed E-state index contributed by atoms with van der Waals surface area (Å²) >= 11 is 0. The molecule has 1 fully saturated rings. The molecule has 0 radical (unpaired) electrons. The van der Waals surface area contributed by atoms with Crippen molar-refractivity contribution in [3.05, 3.63) is 34.9 Å². The van der Waals surface area contributed by atoms with Crippen LogP contribution >= 0.6 is 0 Å². The van der Waals surface area contributed by atoms with Crippen LogP contribution in [-0.4, -0.2) is 48.8 Å². The van der Waals surface area contributed by atoms with Gasteiger partial charge in [-0.15, -0.1) is 0 Å². The van der Waals surface area contributed by atoms with Gasteiger partial charge in [-0.1, -0.05) is 31.4 Å². The van der Waals surface area contributed by atoms with Gasteiger partial charge in [0, 0.05) is 25.8 Å². The van der Waals surface area contributed by atoms with Crippen LogP contribution in [0.1, 0.15) is 72.2 Å². The third-order valence-corrected chi connectivity index (χ3v) is 5.36. The van der Waals surface area contributed by atoms with E-state index in [4.69, 9.17) is 9.47 Å². The lowest BCUT2D eigenvalue weighted by Crippen LogP contribution is -2.38. The van der Waals surface area contributed by atoms with Crippen LogP contribution in [0.25, 0.3) is 0 Å². The van der Waals surface area contributed by atoms with Gasteiger partial charge in [0.2, 0.25) is 0 Å². The van der Waals surface area contributed by atoms with Crippen molar-refractivity contribution in [1.82, 2.24) is 10.2 Å². The standard InChI is InChI=1S/C21H30N2O4/c1-3-26-18(27-4-2)13-22-20(24)17-12-8-9-15-14-23(21(25)19(15)17)16-10-6-5-7-11-16/h8-9,12,16,18H,3-7,10-11,13-14H2,1-2H3,(H,22,24). The Balaban J connectivity index is 1.71. The maximum atomic E-state index is 13.1. The largest absolute Gasteiger partial charge is 0.351 e. The Morgan fingerprint density at radius 2 is 1.89 bits per heavy atom. The van der Waals surface area contributed by atoms with Crippen molar-refractivity contribution in [1.29, 1.82) is 0 Å². The number of benzene rings is 1. The Hall–Kier alpha value is -1.92. The molecule has 1 saturated carbocycles. The average molecular weight is 374 g/mol. The summed E-state index contributed by atoms with van der Waals surface area (Å²) in [4.78, 5) is 27.8. The number of fused-ring (bicyclic) bond motifs is 1. The molecule has 0 atom stereocenters. The number of nitrogens with zero attached hydrogens (tertiary/aromatic N) is 1. The molecule has 148 valence electrons. The van der Waals surface area contributed by atoms with Gasteiger partial charge in [0.05, 0.1) is 17.7 Å². The van der Waals surface area contributed by atoms with E-state index in [0.717, 1.165) is 18.4 Å². The first kappa shape index (κ1) is 19.8. The highest BCUT2D eigenvalue weighted by Gasteiger charge is 2.36. The molecule has 2 aliphatic rings. The minimum Gasteiger partial charge on any atom is -0.351 e. The van der Waals surface area contributed by atoms with Gasteiger partial charge in [0.1, 0.15) is 0 Å². The second-order valence-corrected chi connectivity index (χ2v) is 7.11. The maximum absolute atomic E-state index is 13.1. The zero-order chi connectivity index (χ0) is 19.2. The van der Waals surface area contributed by atoms with E-state index >= 15 is 0 Å². The molecule has 1 heterocycles. The van der Waals surface area contributed by atoms with E-state index in [1.165, 1.54) is 19.3 Å². The second kappa shape index (κ2) is 9.33. The summed E-state index contributed by atoms with van der Waals surface area (Å²) in [5.41, 5.74) is 1.96. The lowest BCUT2D eigenvalue weighted by atomic mass is 9.94. The lowest BCUT2D eigenvalue weighted by Gasteiger charge is -2.30. The van der Waals surface area contributed by atoms with Gasteiger partial charge in [-0.05, 0) is 38.3 Å². The van der Waals surface area contributed by atoms with Gasteiger partial charge in [-0.25, -0.2) is 0 Å². The van der Waals surface area contributed by atoms with Gasteiger partial charge in [0.15, 0.2) is 6.29 Å². The van der Waals surface area contributed by atoms with Crippen molar-refractivity contribution < 1.29 is 19.1 Å². The topological polar surface area (TPSA) is 67.9 Å². The SMILES string of the molecule is CCOC(CNC(=O)c1cccc2c1C(=O)N(C1CCCCC1)C2)OCC. The van der Waals surface area contributed by atoms with Crippen molar-refractivity contribution in [2.24, 2.45) is 0 Å². The van der Waals surface area contributed by atoms with Crippen molar-refractivity contribution in [3.8, 4) is 0 Å².